The van der Waals surface area contributed by atoms with Crippen LogP contribution in [-0.4, -0.2) is 16.1 Å². The summed E-state index contributed by atoms with van der Waals surface area (Å²) >= 11 is 0. The third kappa shape index (κ3) is 7.93. The van der Waals surface area contributed by atoms with E-state index in [9.17, 15) is 4.79 Å². The van der Waals surface area contributed by atoms with Gasteiger partial charge in [0.15, 0.2) is 0 Å². The zero-order valence-electron chi connectivity index (χ0n) is 19.6. The second-order valence-corrected chi connectivity index (χ2v) is 9.37. The highest BCUT2D eigenvalue weighted by atomic mass is 16.4. The SMILES string of the molecule is CCCCCc1ccc(-c2ccc([C@H]3CC[C@H](CCCC/C=C/C(=O)O)CC3)cc2)nc1. The minimum atomic E-state index is -0.844. The molecule has 0 spiro atoms. The van der Waals surface area contributed by atoms with E-state index in [0.717, 1.165) is 30.9 Å². The van der Waals surface area contributed by atoms with Crippen LogP contribution in [0.2, 0.25) is 0 Å². The summed E-state index contributed by atoms with van der Waals surface area (Å²) in [4.78, 5) is 15.2. The number of carboxylic acid groups (broad SMARTS) is 1. The molecule has 3 heteroatoms. The Kier molecular flexibility index (Phi) is 9.99. The van der Waals surface area contributed by atoms with Crippen molar-refractivity contribution in [2.24, 2.45) is 5.92 Å². The van der Waals surface area contributed by atoms with Crippen molar-refractivity contribution in [1.29, 1.82) is 0 Å². The van der Waals surface area contributed by atoms with Crippen molar-refractivity contribution in [3.63, 3.8) is 0 Å². The highest BCUT2D eigenvalue weighted by Crippen LogP contribution is 2.38. The fourth-order valence-corrected chi connectivity index (χ4v) is 4.91. The first-order valence-corrected chi connectivity index (χ1v) is 12.6. The second kappa shape index (κ2) is 13.2. The van der Waals surface area contributed by atoms with Crippen LogP contribution >= 0.6 is 0 Å². The second-order valence-electron chi connectivity index (χ2n) is 9.37. The summed E-state index contributed by atoms with van der Waals surface area (Å²) < 4.78 is 0. The van der Waals surface area contributed by atoms with Crippen LogP contribution in [0.3, 0.4) is 0 Å². The van der Waals surface area contributed by atoms with Gasteiger partial charge in [0, 0.05) is 17.8 Å². The number of aliphatic carboxylic acids is 1. The number of hydrogen-bond donors (Lipinski definition) is 1. The molecule has 2 aromatic rings. The molecule has 1 fully saturated rings. The molecule has 172 valence electrons. The number of carboxylic acids is 1. The van der Waals surface area contributed by atoms with E-state index in [0.29, 0.717) is 5.92 Å². The molecule has 3 nitrogen and oxygen atoms in total. The zero-order chi connectivity index (χ0) is 22.6. The van der Waals surface area contributed by atoms with Gasteiger partial charge in [-0.2, -0.15) is 0 Å². The highest BCUT2D eigenvalue weighted by molar-refractivity contribution is 5.79. The van der Waals surface area contributed by atoms with Gasteiger partial charge in [0.25, 0.3) is 0 Å². The lowest BCUT2D eigenvalue weighted by molar-refractivity contribution is -0.131. The average Bonchev–Trinajstić information content (AvgIpc) is 2.82. The van der Waals surface area contributed by atoms with E-state index < -0.39 is 5.97 Å². The lowest BCUT2D eigenvalue weighted by Crippen LogP contribution is -2.13. The van der Waals surface area contributed by atoms with Gasteiger partial charge in [-0.1, -0.05) is 69.0 Å². The van der Waals surface area contributed by atoms with E-state index in [4.69, 9.17) is 10.1 Å². The van der Waals surface area contributed by atoms with Gasteiger partial charge in [-0.05, 0) is 80.4 Å². The summed E-state index contributed by atoms with van der Waals surface area (Å²) in [5.41, 5.74) is 5.09. The topological polar surface area (TPSA) is 50.2 Å². The maximum Gasteiger partial charge on any atom is 0.327 e. The van der Waals surface area contributed by atoms with E-state index in [1.807, 2.05) is 6.20 Å². The van der Waals surface area contributed by atoms with Gasteiger partial charge < -0.3 is 5.11 Å². The number of allylic oxidation sites excluding steroid dienone is 1. The van der Waals surface area contributed by atoms with Crippen molar-refractivity contribution < 1.29 is 9.90 Å². The van der Waals surface area contributed by atoms with E-state index in [-0.39, 0.29) is 0 Å². The molecule has 1 heterocycles. The van der Waals surface area contributed by atoms with Gasteiger partial charge in [-0.3, -0.25) is 4.98 Å². The molecule has 0 amide bonds. The molecule has 0 bridgehead atoms. The number of aromatic nitrogens is 1. The van der Waals surface area contributed by atoms with Gasteiger partial charge in [-0.25, -0.2) is 4.79 Å². The molecular weight excluding hydrogens is 394 g/mol. The Morgan fingerprint density at radius 3 is 2.44 bits per heavy atom. The summed E-state index contributed by atoms with van der Waals surface area (Å²) in [6.07, 6.45) is 19.7. The zero-order valence-corrected chi connectivity index (χ0v) is 19.6. The predicted octanol–water partition coefficient (Wildman–Crippen LogP) is 7.96. The molecule has 1 aliphatic carbocycles. The van der Waals surface area contributed by atoms with Gasteiger partial charge in [-0.15, -0.1) is 0 Å². The number of pyridine rings is 1. The van der Waals surface area contributed by atoms with Crippen molar-refractivity contribution in [3.05, 3.63) is 65.9 Å². The molecule has 1 N–H and O–H groups in total. The molecule has 3 rings (SSSR count). The fraction of sp³-hybridized carbons (Fsp3) is 0.517. The lowest BCUT2D eigenvalue weighted by atomic mass is 9.77. The van der Waals surface area contributed by atoms with E-state index in [1.54, 1.807) is 6.08 Å². The molecule has 0 radical (unpaired) electrons. The van der Waals surface area contributed by atoms with Crippen molar-refractivity contribution in [2.75, 3.05) is 0 Å². The van der Waals surface area contributed by atoms with Crippen LogP contribution in [0, 0.1) is 5.92 Å². The van der Waals surface area contributed by atoms with Crippen LogP contribution in [0.4, 0.5) is 0 Å². The Hall–Kier alpha value is -2.42. The predicted molar refractivity (Wildman–Crippen MR) is 133 cm³/mol. The Balaban J connectivity index is 1.41. The Bertz CT molecular complexity index is 830. The monoisotopic (exact) mass is 433 g/mol. The number of hydrogen-bond acceptors (Lipinski definition) is 2. The number of benzene rings is 1. The third-order valence-corrected chi connectivity index (χ3v) is 6.91. The highest BCUT2D eigenvalue weighted by Gasteiger charge is 2.22. The van der Waals surface area contributed by atoms with Crippen LogP contribution < -0.4 is 0 Å². The number of aryl methyl sites for hydroxylation is 1. The molecule has 1 saturated carbocycles. The lowest BCUT2D eigenvalue weighted by Gasteiger charge is -2.29. The first-order valence-electron chi connectivity index (χ1n) is 12.6. The molecule has 1 aromatic carbocycles. The quantitative estimate of drug-likeness (QED) is 0.273. The maximum absolute atomic E-state index is 10.5. The molecule has 0 saturated heterocycles. The summed E-state index contributed by atoms with van der Waals surface area (Å²) in [6.45, 7) is 2.24. The molecule has 32 heavy (non-hydrogen) atoms. The third-order valence-electron chi connectivity index (χ3n) is 6.91. The normalized spacial score (nSPS) is 18.8. The van der Waals surface area contributed by atoms with E-state index in [1.165, 1.54) is 80.6 Å². The summed E-state index contributed by atoms with van der Waals surface area (Å²) in [5.74, 6) is 0.685. The molecule has 1 aliphatic rings. The van der Waals surface area contributed by atoms with Crippen LogP contribution in [0.5, 0.6) is 0 Å². The smallest absolute Gasteiger partial charge is 0.327 e. The number of nitrogens with zero attached hydrogens (tertiary/aromatic N) is 1. The van der Waals surface area contributed by atoms with Gasteiger partial charge >= 0.3 is 5.97 Å². The fourth-order valence-electron chi connectivity index (χ4n) is 4.91. The van der Waals surface area contributed by atoms with Gasteiger partial charge in [0.1, 0.15) is 0 Å². The molecule has 0 atom stereocenters. The van der Waals surface area contributed by atoms with Crippen molar-refractivity contribution in [2.45, 2.75) is 89.9 Å². The maximum atomic E-state index is 10.5. The van der Waals surface area contributed by atoms with Crippen molar-refractivity contribution in [3.8, 4) is 11.3 Å². The number of carbonyl (C=O) groups is 1. The molecule has 1 aromatic heterocycles. The first kappa shape index (κ1) is 24.2. The minimum Gasteiger partial charge on any atom is -0.478 e. The minimum absolute atomic E-state index is 0.688. The Morgan fingerprint density at radius 1 is 1.00 bits per heavy atom. The largest absolute Gasteiger partial charge is 0.478 e. The van der Waals surface area contributed by atoms with E-state index >= 15 is 0 Å². The molecule has 0 unspecified atom stereocenters. The number of rotatable bonds is 12. The first-order chi connectivity index (χ1) is 15.7. The average molecular weight is 434 g/mol. The van der Waals surface area contributed by atoms with Crippen LogP contribution in [0.15, 0.2) is 54.7 Å². The van der Waals surface area contributed by atoms with Crippen LogP contribution in [-0.2, 0) is 11.2 Å². The molecule has 0 aliphatic heterocycles. The number of unbranched alkanes of at least 4 members (excludes halogenated alkanes) is 4. The Morgan fingerprint density at radius 2 is 1.78 bits per heavy atom. The van der Waals surface area contributed by atoms with Crippen LogP contribution in [0.25, 0.3) is 11.3 Å². The van der Waals surface area contributed by atoms with Gasteiger partial charge in [0.05, 0.1) is 5.69 Å². The summed E-state index contributed by atoms with van der Waals surface area (Å²) in [5, 5.41) is 8.62. The van der Waals surface area contributed by atoms with Crippen molar-refractivity contribution >= 4 is 5.97 Å². The van der Waals surface area contributed by atoms with Gasteiger partial charge in [0.2, 0.25) is 0 Å². The summed E-state index contributed by atoms with van der Waals surface area (Å²) in [7, 11) is 0. The molecular formula is C29H39NO2. The Labute approximate surface area is 194 Å². The van der Waals surface area contributed by atoms with Crippen molar-refractivity contribution in [1.82, 2.24) is 4.98 Å². The summed E-state index contributed by atoms with van der Waals surface area (Å²) in [6, 6.07) is 13.5. The van der Waals surface area contributed by atoms with E-state index in [2.05, 4.69) is 43.3 Å². The van der Waals surface area contributed by atoms with Crippen LogP contribution in [0.1, 0.15) is 94.6 Å². The standard InChI is InChI=1S/C29H39NO2/c1-2-3-6-10-24-14-21-28(30-22-24)27-19-17-26(18-20-27)25-15-12-23(13-16-25)9-7-4-5-8-11-29(31)32/h8,11,14,17-23,25H,2-7,9-10,12-13,15-16H2,1H3,(H,31,32)/b11-8+/t23-,25-.